The molecule has 2 N–H and O–H groups in total. The SMILES string of the molecule is CC(C)C(=O)O.CCC=CCCO. The molecule has 0 aromatic heterocycles. The van der Waals surface area contributed by atoms with E-state index in [4.69, 9.17) is 10.2 Å². The number of allylic oxidation sites excluding steroid dienone is 1. The highest BCUT2D eigenvalue weighted by Crippen LogP contribution is 1.87. The molecule has 0 atom stereocenters. The molecule has 0 bridgehead atoms. The van der Waals surface area contributed by atoms with Crippen molar-refractivity contribution < 1.29 is 15.0 Å². The van der Waals surface area contributed by atoms with Crippen molar-refractivity contribution in [3.05, 3.63) is 12.2 Å². The Morgan fingerprint density at radius 3 is 2.08 bits per heavy atom. The van der Waals surface area contributed by atoms with Crippen LogP contribution in [0.25, 0.3) is 0 Å². The Labute approximate surface area is 80.1 Å². The van der Waals surface area contributed by atoms with Crippen LogP contribution in [0.3, 0.4) is 0 Å². The van der Waals surface area contributed by atoms with Gasteiger partial charge in [-0.3, -0.25) is 4.79 Å². The molecule has 3 nitrogen and oxygen atoms in total. The number of carboxylic acid groups (broad SMARTS) is 1. The van der Waals surface area contributed by atoms with Crippen LogP contribution in [0, 0.1) is 5.92 Å². The Bertz CT molecular complexity index is 139. The van der Waals surface area contributed by atoms with Gasteiger partial charge in [0.15, 0.2) is 0 Å². The normalized spacial score (nSPS) is 9.92. The van der Waals surface area contributed by atoms with Crippen molar-refractivity contribution in [1.82, 2.24) is 0 Å². The fourth-order valence-corrected chi connectivity index (χ4v) is 0.359. The van der Waals surface area contributed by atoms with Crippen molar-refractivity contribution in [3.63, 3.8) is 0 Å². The van der Waals surface area contributed by atoms with E-state index in [0.29, 0.717) is 0 Å². The topological polar surface area (TPSA) is 57.5 Å². The van der Waals surface area contributed by atoms with Gasteiger partial charge in [-0.15, -0.1) is 0 Å². The molecule has 13 heavy (non-hydrogen) atoms. The molecule has 0 aliphatic heterocycles. The number of hydrogen-bond donors (Lipinski definition) is 2. The van der Waals surface area contributed by atoms with Gasteiger partial charge < -0.3 is 10.2 Å². The Balaban J connectivity index is 0. The number of aliphatic hydroxyl groups excluding tert-OH is 1. The second-order valence-electron chi connectivity index (χ2n) is 2.88. The van der Waals surface area contributed by atoms with Crippen LogP contribution in [0.1, 0.15) is 33.6 Å². The first-order valence-corrected chi connectivity index (χ1v) is 4.54. The second kappa shape index (κ2) is 11.2. The standard InChI is InChI=1S/C6H12O.C4H8O2/c1-2-3-4-5-6-7;1-3(2)4(5)6/h3-4,7H,2,5-6H2,1H3;3H,1-2H3,(H,5,6). The van der Waals surface area contributed by atoms with E-state index in [9.17, 15) is 4.79 Å². The number of carbonyl (C=O) groups is 1. The Kier molecular flexibility index (Phi) is 12.6. The zero-order valence-electron chi connectivity index (χ0n) is 8.66. The summed E-state index contributed by atoms with van der Waals surface area (Å²) in [6.45, 7) is 5.63. The Morgan fingerprint density at radius 2 is 1.85 bits per heavy atom. The molecule has 0 aliphatic rings. The molecule has 0 saturated carbocycles. The number of rotatable bonds is 4. The van der Waals surface area contributed by atoms with Crippen molar-refractivity contribution in [2.75, 3.05) is 6.61 Å². The van der Waals surface area contributed by atoms with Gasteiger partial charge in [-0.05, 0) is 12.8 Å². The summed E-state index contributed by atoms with van der Waals surface area (Å²) in [5.41, 5.74) is 0. The highest BCUT2D eigenvalue weighted by atomic mass is 16.4. The summed E-state index contributed by atoms with van der Waals surface area (Å²) in [5, 5.41) is 16.2. The van der Waals surface area contributed by atoms with Gasteiger partial charge in [0.1, 0.15) is 0 Å². The van der Waals surface area contributed by atoms with Gasteiger partial charge in [0.2, 0.25) is 0 Å². The van der Waals surface area contributed by atoms with Crippen LogP contribution in [-0.4, -0.2) is 22.8 Å². The molecule has 0 heterocycles. The Hall–Kier alpha value is -0.830. The summed E-state index contributed by atoms with van der Waals surface area (Å²) in [5.74, 6) is -0.972. The quantitative estimate of drug-likeness (QED) is 0.664. The van der Waals surface area contributed by atoms with Crippen molar-refractivity contribution in [2.24, 2.45) is 5.92 Å². The van der Waals surface area contributed by atoms with Crippen molar-refractivity contribution in [2.45, 2.75) is 33.6 Å². The fraction of sp³-hybridized carbons (Fsp3) is 0.700. The van der Waals surface area contributed by atoms with E-state index >= 15 is 0 Å². The molecule has 78 valence electrons. The first kappa shape index (κ1) is 14.7. The summed E-state index contributed by atoms with van der Waals surface area (Å²) in [7, 11) is 0. The molecule has 0 amide bonds. The van der Waals surface area contributed by atoms with Crippen LogP contribution < -0.4 is 0 Å². The molecule has 0 aromatic rings. The average Bonchev–Trinajstić information content (AvgIpc) is 2.06. The second-order valence-corrected chi connectivity index (χ2v) is 2.88. The van der Waals surface area contributed by atoms with Gasteiger partial charge in [-0.2, -0.15) is 0 Å². The monoisotopic (exact) mass is 188 g/mol. The van der Waals surface area contributed by atoms with Crippen molar-refractivity contribution >= 4 is 5.97 Å². The largest absolute Gasteiger partial charge is 0.481 e. The molecule has 0 aromatic carbocycles. The lowest BCUT2D eigenvalue weighted by Gasteiger charge is -1.89. The van der Waals surface area contributed by atoms with E-state index in [0.717, 1.165) is 12.8 Å². The fourth-order valence-electron chi connectivity index (χ4n) is 0.359. The zero-order valence-corrected chi connectivity index (χ0v) is 8.66. The van der Waals surface area contributed by atoms with Crippen molar-refractivity contribution in [3.8, 4) is 0 Å². The van der Waals surface area contributed by atoms with E-state index in [1.807, 2.05) is 6.08 Å². The van der Waals surface area contributed by atoms with Gasteiger partial charge >= 0.3 is 5.97 Å². The minimum absolute atomic E-state index is 0.231. The van der Waals surface area contributed by atoms with Gasteiger partial charge in [0.05, 0.1) is 5.92 Å². The highest BCUT2D eigenvalue weighted by Gasteiger charge is 1.99. The van der Waals surface area contributed by atoms with E-state index in [1.54, 1.807) is 13.8 Å². The predicted octanol–water partition coefficient (Wildman–Crippen LogP) is 2.06. The third-order valence-corrected chi connectivity index (χ3v) is 1.19. The predicted molar refractivity (Wildman–Crippen MR) is 53.6 cm³/mol. The van der Waals surface area contributed by atoms with Crippen molar-refractivity contribution in [1.29, 1.82) is 0 Å². The molecule has 0 saturated heterocycles. The third-order valence-electron chi connectivity index (χ3n) is 1.19. The maximum Gasteiger partial charge on any atom is 0.305 e. The van der Waals surface area contributed by atoms with E-state index in [2.05, 4.69) is 13.0 Å². The number of aliphatic carboxylic acids is 1. The maximum atomic E-state index is 9.70. The van der Waals surface area contributed by atoms with Gasteiger partial charge in [-0.1, -0.05) is 32.9 Å². The van der Waals surface area contributed by atoms with Crippen LogP contribution in [0.4, 0.5) is 0 Å². The first-order chi connectivity index (χ1) is 6.06. The first-order valence-electron chi connectivity index (χ1n) is 4.54. The molecule has 0 unspecified atom stereocenters. The van der Waals surface area contributed by atoms with Crippen LogP contribution in [-0.2, 0) is 4.79 Å². The smallest absolute Gasteiger partial charge is 0.305 e. The zero-order chi connectivity index (χ0) is 10.7. The maximum absolute atomic E-state index is 9.70. The van der Waals surface area contributed by atoms with Crippen LogP contribution in [0.15, 0.2) is 12.2 Å². The lowest BCUT2D eigenvalue weighted by atomic mass is 10.2. The lowest BCUT2D eigenvalue weighted by molar-refractivity contribution is -0.140. The van der Waals surface area contributed by atoms with E-state index in [1.165, 1.54) is 0 Å². The molecule has 0 rings (SSSR count). The minimum atomic E-state index is -0.741. The summed E-state index contributed by atoms with van der Waals surface area (Å²) in [6, 6.07) is 0. The lowest BCUT2D eigenvalue weighted by Crippen LogP contribution is -2.03. The van der Waals surface area contributed by atoms with Gasteiger partial charge in [0, 0.05) is 6.61 Å². The van der Waals surface area contributed by atoms with E-state index < -0.39 is 5.97 Å². The third kappa shape index (κ3) is 18.3. The molecular formula is C10H20O3. The summed E-state index contributed by atoms with van der Waals surface area (Å²) < 4.78 is 0. The van der Waals surface area contributed by atoms with Crippen LogP contribution in [0.2, 0.25) is 0 Å². The van der Waals surface area contributed by atoms with Gasteiger partial charge in [-0.25, -0.2) is 0 Å². The van der Waals surface area contributed by atoms with Crippen LogP contribution >= 0.6 is 0 Å². The van der Waals surface area contributed by atoms with E-state index in [-0.39, 0.29) is 12.5 Å². The molecular weight excluding hydrogens is 168 g/mol. The molecule has 0 aliphatic carbocycles. The summed E-state index contributed by atoms with van der Waals surface area (Å²) >= 11 is 0. The number of carboxylic acids is 1. The molecule has 0 fully saturated rings. The molecule has 3 heteroatoms. The average molecular weight is 188 g/mol. The number of hydrogen-bond acceptors (Lipinski definition) is 2. The van der Waals surface area contributed by atoms with Gasteiger partial charge in [0.25, 0.3) is 0 Å². The Morgan fingerprint density at radius 1 is 1.38 bits per heavy atom. The summed E-state index contributed by atoms with van der Waals surface area (Å²) in [4.78, 5) is 9.70. The molecule has 0 radical (unpaired) electrons. The summed E-state index contributed by atoms with van der Waals surface area (Å²) in [6.07, 6.45) is 5.91. The molecule has 0 spiro atoms. The van der Waals surface area contributed by atoms with Crippen LogP contribution in [0.5, 0.6) is 0 Å². The highest BCUT2D eigenvalue weighted by molar-refractivity contribution is 5.68. The minimum Gasteiger partial charge on any atom is -0.481 e. The number of aliphatic hydroxyl groups is 1.